The van der Waals surface area contributed by atoms with Gasteiger partial charge in [-0.3, -0.25) is 0 Å². The van der Waals surface area contributed by atoms with Gasteiger partial charge in [-0.25, -0.2) is 5.73 Å². The minimum absolute atomic E-state index is 0.352. The van der Waals surface area contributed by atoms with Gasteiger partial charge in [0.15, 0.2) is 0 Å². The third-order valence-electron chi connectivity index (χ3n) is 0.417. The van der Waals surface area contributed by atoms with Crippen molar-refractivity contribution >= 4 is 0 Å². The molecule has 0 aromatic rings. The van der Waals surface area contributed by atoms with E-state index in [0.717, 1.165) is 0 Å². The van der Waals surface area contributed by atoms with E-state index in [2.05, 4.69) is 0 Å². The molecule has 0 saturated carbocycles. The SMILES string of the molecule is CCOC(C)[NH]. The van der Waals surface area contributed by atoms with Gasteiger partial charge in [-0.15, -0.1) is 0 Å². The molecule has 1 unspecified atom stereocenters. The summed E-state index contributed by atoms with van der Waals surface area (Å²) in [6.07, 6.45) is -0.352. The average molecular weight is 88.1 g/mol. The Hall–Kier alpha value is -0.0800. The summed E-state index contributed by atoms with van der Waals surface area (Å²) in [7, 11) is 0. The highest BCUT2D eigenvalue weighted by molar-refractivity contribution is 4.26. The molecule has 0 saturated heterocycles. The zero-order valence-corrected chi connectivity index (χ0v) is 4.19. The monoisotopic (exact) mass is 88.1 g/mol. The number of rotatable bonds is 2. The van der Waals surface area contributed by atoms with Crippen LogP contribution < -0.4 is 5.73 Å². The van der Waals surface area contributed by atoms with E-state index < -0.39 is 0 Å². The molecule has 0 aromatic heterocycles. The van der Waals surface area contributed by atoms with Crippen molar-refractivity contribution in [2.45, 2.75) is 20.1 Å². The van der Waals surface area contributed by atoms with Crippen LogP contribution in [0.3, 0.4) is 0 Å². The van der Waals surface area contributed by atoms with Gasteiger partial charge in [0, 0.05) is 6.61 Å². The second-order valence-electron chi connectivity index (χ2n) is 1.10. The summed E-state index contributed by atoms with van der Waals surface area (Å²) in [6, 6.07) is 0. The Morgan fingerprint density at radius 2 is 2.33 bits per heavy atom. The van der Waals surface area contributed by atoms with E-state index in [9.17, 15) is 0 Å². The first kappa shape index (κ1) is 5.92. The predicted octanol–water partition coefficient (Wildman–Crippen LogP) is 0.652. The van der Waals surface area contributed by atoms with E-state index in [-0.39, 0.29) is 6.23 Å². The van der Waals surface area contributed by atoms with Crippen molar-refractivity contribution in [2.75, 3.05) is 6.61 Å². The highest BCUT2D eigenvalue weighted by atomic mass is 16.5. The first-order chi connectivity index (χ1) is 2.77. The molecule has 37 valence electrons. The van der Waals surface area contributed by atoms with Gasteiger partial charge in [0.25, 0.3) is 0 Å². The van der Waals surface area contributed by atoms with Crippen molar-refractivity contribution in [3.05, 3.63) is 0 Å². The second kappa shape index (κ2) is 3.12. The molecular weight excluding hydrogens is 78.0 g/mol. The van der Waals surface area contributed by atoms with E-state index in [1.807, 2.05) is 6.92 Å². The van der Waals surface area contributed by atoms with Gasteiger partial charge in [-0.05, 0) is 13.8 Å². The molecule has 1 atom stereocenters. The third kappa shape index (κ3) is 3.92. The quantitative estimate of drug-likeness (QED) is 0.488. The lowest BCUT2D eigenvalue weighted by atomic mass is 10.7. The Labute approximate surface area is 38.3 Å². The summed E-state index contributed by atoms with van der Waals surface area (Å²) in [4.78, 5) is 0. The fourth-order valence-electron chi connectivity index (χ4n) is 0.250. The van der Waals surface area contributed by atoms with Crippen LogP contribution in [0.2, 0.25) is 0 Å². The van der Waals surface area contributed by atoms with Gasteiger partial charge in [0.1, 0.15) is 6.23 Å². The molecule has 0 aromatic carbocycles. The third-order valence-corrected chi connectivity index (χ3v) is 0.417. The molecular formula is C4H10NO. The summed E-state index contributed by atoms with van der Waals surface area (Å²) in [6.45, 7) is 4.22. The number of hydrogen-bond donors (Lipinski definition) is 0. The molecule has 0 amide bonds. The molecule has 2 nitrogen and oxygen atoms in total. The van der Waals surface area contributed by atoms with E-state index in [4.69, 9.17) is 10.5 Å². The molecule has 0 aliphatic heterocycles. The number of ether oxygens (including phenoxy) is 1. The summed E-state index contributed by atoms with van der Waals surface area (Å²) in [5, 5.41) is 0. The van der Waals surface area contributed by atoms with Gasteiger partial charge < -0.3 is 4.74 Å². The van der Waals surface area contributed by atoms with Gasteiger partial charge >= 0.3 is 0 Å². The van der Waals surface area contributed by atoms with Crippen LogP contribution in [0, 0.1) is 0 Å². The fraction of sp³-hybridized carbons (Fsp3) is 1.00. The smallest absolute Gasteiger partial charge is 0.117 e. The largest absolute Gasteiger partial charge is 0.363 e. The van der Waals surface area contributed by atoms with E-state index in [0.29, 0.717) is 6.61 Å². The summed E-state index contributed by atoms with van der Waals surface area (Å²) >= 11 is 0. The fourth-order valence-corrected chi connectivity index (χ4v) is 0.250. The van der Waals surface area contributed by atoms with E-state index >= 15 is 0 Å². The van der Waals surface area contributed by atoms with Crippen LogP contribution in [0.25, 0.3) is 0 Å². The van der Waals surface area contributed by atoms with Crippen LogP contribution in [-0.2, 0) is 4.74 Å². The van der Waals surface area contributed by atoms with Gasteiger partial charge in [0.2, 0.25) is 0 Å². The number of hydrogen-bond acceptors (Lipinski definition) is 1. The highest BCUT2D eigenvalue weighted by Crippen LogP contribution is 1.77. The Morgan fingerprint density at radius 1 is 1.83 bits per heavy atom. The minimum Gasteiger partial charge on any atom is -0.363 e. The predicted molar refractivity (Wildman–Crippen MR) is 24.2 cm³/mol. The van der Waals surface area contributed by atoms with Crippen molar-refractivity contribution in [2.24, 2.45) is 0 Å². The van der Waals surface area contributed by atoms with E-state index in [1.54, 1.807) is 6.92 Å². The summed E-state index contributed by atoms with van der Waals surface area (Å²) in [5.74, 6) is 0. The van der Waals surface area contributed by atoms with Crippen molar-refractivity contribution < 1.29 is 4.74 Å². The van der Waals surface area contributed by atoms with Crippen LogP contribution in [0.4, 0.5) is 0 Å². The van der Waals surface area contributed by atoms with E-state index in [1.165, 1.54) is 0 Å². The standard InChI is InChI=1S/C4H10NO/c1-3-6-4(2)5/h4-5H,3H2,1-2H3. The average Bonchev–Trinajstić information content (AvgIpc) is 1.35. The summed E-state index contributed by atoms with van der Waals surface area (Å²) in [5.41, 5.74) is 6.76. The molecule has 0 heterocycles. The van der Waals surface area contributed by atoms with Crippen LogP contribution in [-0.4, -0.2) is 12.8 Å². The molecule has 1 radical (unpaired) electrons. The molecule has 0 aliphatic carbocycles. The van der Waals surface area contributed by atoms with Crippen LogP contribution in [0.1, 0.15) is 13.8 Å². The topological polar surface area (TPSA) is 33.0 Å². The lowest BCUT2D eigenvalue weighted by Crippen LogP contribution is -2.06. The molecule has 0 bridgehead atoms. The maximum Gasteiger partial charge on any atom is 0.117 e. The van der Waals surface area contributed by atoms with Crippen LogP contribution in [0.5, 0.6) is 0 Å². The lowest BCUT2D eigenvalue weighted by molar-refractivity contribution is 0.0759. The van der Waals surface area contributed by atoms with Crippen molar-refractivity contribution in [1.82, 2.24) is 5.73 Å². The molecule has 0 rings (SSSR count). The van der Waals surface area contributed by atoms with Crippen molar-refractivity contribution in [3.63, 3.8) is 0 Å². The van der Waals surface area contributed by atoms with Gasteiger partial charge in [0.05, 0.1) is 0 Å². The lowest BCUT2D eigenvalue weighted by Gasteiger charge is -1.99. The molecule has 0 fully saturated rings. The number of nitrogens with one attached hydrogen (secondary N) is 1. The maximum atomic E-state index is 6.76. The highest BCUT2D eigenvalue weighted by Gasteiger charge is 1.84. The van der Waals surface area contributed by atoms with Gasteiger partial charge in [-0.1, -0.05) is 0 Å². The molecule has 0 spiro atoms. The van der Waals surface area contributed by atoms with Crippen molar-refractivity contribution in [3.8, 4) is 0 Å². The molecule has 0 aliphatic rings. The summed E-state index contributed by atoms with van der Waals surface area (Å²) < 4.78 is 4.71. The Bertz CT molecular complexity index is 28.7. The van der Waals surface area contributed by atoms with Crippen molar-refractivity contribution in [1.29, 1.82) is 0 Å². The Morgan fingerprint density at radius 3 is 2.33 bits per heavy atom. The minimum atomic E-state index is -0.352. The van der Waals surface area contributed by atoms with Crippen LogP contribution >= 0.6 is 0 Å². The zero-order valence-electron chi connectivity index (χ0n) is 4.19. The first-order valence-corrected chi connectivity index (χ1v) is 2.10. The van der Waals surface area contributed by atoms with Gasteiger partial charge in [-0.2, -0.15) is 0 Å². The maximum absolute atomic E-state index is 6.76. The molecule has 1 N–H and O–H groups in total. The Balaban J connectivity index is 2.63. The second-order valence-corrected chi connectivity index (χ2v) is 1.10. The first-order valence-electron chi connectivity index (χ1n) is 2.10. The zero-order chi connectivity index (χ0) is 4.99. The Kier molecular flexibility index (Phi) is 3.08. The molecule has 6 heavy (non-hydrogen) atoms. The molecule has 2 heteroatoms. The normalized spacial score (nSPS) is 14.5. The van der Waals surface area contributed by atoms with Crippen LogP contribution in [0.15, 0.2) is 0 Å².